The van der Waals surface area contributed by atoms with Crippen molar-refractivity contribution in [2.45, 2.75) is 0 Å². The number of rotatable bonds is 3. The van der Waals surface area contributed by atoms with Crippen LogP contribution in [-0.2, 0) is 0 Å². The van der Waals surface area contributed by atoms with Crippen molar-refractivity contribution < 1.29 is 4.74 Å². The first kappa shape index (κ1) is 9.43. The molecule has 1 rings (SSSR count). The van der Waals surface area contributed by atoms with Crippen molar-refractivity contribution in [3.63, 3.8) is 0 Å². The van der Waals surface area contributed by atoms with Gasteiger partial charge in [-0.3, -0.25) is 0 Å². The summed E-state index contributed by atoms with van der Waals surface area (Å²) in [6.07, 6.45) is 0. The summed E-state index contributed by atoms with van der Waals surface area (Å²) in [5.74, 6) is 0.755. The van der Waals surface area contributed by atoms with Crippen LogP contribution in [0, 0.1) is 6.07 Å². The highest BCUT2D eigenvalue weighted by Gasteiger charge is 1.93. The van der Waals surface area contributed by atoms with Crippen molar-refractivity contribution >= 4 is 23.2 Å². The maximum Gasteiger partial charge on any atom is 0.125 e. The lowest BCUT2D eigenvalue weighted by Crippen LogP contribution is -1.95. The molecule has 1 nitrogen and oxygen atoms in total. The summed E-state index contributed by atoms with van der Waals surface area (Å²) < 4.78 is 5.25. The lowest BCUT2D eigenvalue weighted by molar-refractivity contribution is 0.359. The Bertz CT molecular complexity index is 256. The van der Waals surface area contributed by atoms with Gasteiger partial charge >= 0.3 is 0 Å². The Hall–Kier alpha value is -0.660. The van der Waals surface area contributed by atoms with E-state index in [1.165, 1.54) is 5.54 Å². The zero-order valence-electron chi connectivity index (χ0n) is 6.26. The summed E-state index contributed by atoms with van der Waals surface area (Å²) in [4.78, 5) is 0. The fourth-order valence-corrected chi connectivity index (χ4v) is 0.769. The van der Waals surface area contributed by atoms with Crippen molar-refractivity contribution in [2.75, 3.05) is 6.61 Å². The Kier molecular flexibility index (Phi) is 3.98. The van der Waals surface area contributed by atoms with Crippen LogP contribution in [0.5, 0.6) is 5.75 Å². The Balaban J connectivity index is 2.44. The van der Waals surface area contributed by atoms with E-state index in [-0.39, 0.29) is 0 Å². The lowest BCUT2D eigenvalue weighted by Gasteiger charge is -2.02. The SMILES string of the molecule is Cl/C=C(\Cl)COc1cc[c]cc1. The molecule has 0 atom stereocenters. The predicted molar refractivity (Wildman–Crippen MR) is 50.6 cm³/mol. The van der Waals surface area contributed by atoms with E-state index in [9.17, 15) is 0 Å². The molecule has 0 aliphatic rings. The zero-order chi connectivity index (χ0) is 8.81. The largest absolute Gasteiger partial charge is 0.488 e. The van der Waals surface area contributed by atoms with Crippen LogP contribution in [0.3, 0.4) is 0 Å². The van der Waals surface area contributed by atoms with Crippen LogP contribution in [0.25, 0.3) is 0 Å². The fraction of sp³-hybridized carbons (Fsp3) is 0.111. The second-order valence-electron chi connectivity index (χ2n) is 2.08. The van der Waals surface area contributed by atoms with E-state index in [0.717, 1.165) is 5.75 Å². The molecule has 1 aromatic rings. The molecule has 0 saturated carbocycles. The van der Waals surface area contributed by atoms with Gasteiger partial charge in [-0.25, -0.2) is 0 Å². The van der Waals surface area contributed by atoms with Crippen molar-refractivity contribution in [1.29, 1.82) is 0 Å². The Labute approximate surface area is 81.6 Å². The fourth-order valence-electron chi connectivity index (χ4n) is 0.652. The van der Waals surface area contributed by atoms with Gasteiger partial charge in [0, 0.05) is 5.54 Å². The topological polar surface area (TPSA) is 9.23 Å². The number of hydrogen-bond donors (Lipinski definition) is 0. The molecule has 0 spiro atoms. The van der Waals surface area contributed by atoms with Crippen LogP contribution < -0.4 is 4.74 Å². The van der Waals surface area contributed by atoms with E-state index in [0.29, 0.717) is 11.6 Å². The molecule has 0 N–H and O–H groups in total. The molecule has 12 heavy (non-hydrogen) atoms. The van der Waals surface area contributed by atoms with Crippen molar-refractivity contribution in [2.24, 2.45) is 0 Å². The minimum absolute atomic E-state index is 0.301. The smallest absolute Gasteiger partial charge is 0.125 e. The van der Waals surface area contributed by atoms with Crippen LogP contribution >= 0.6 is 23.2 Å². The third-order valence-corrected chi connectivity index (χ3v) is 1.78. The van der Waals surface area contributed by atoms with Gasteiger partial charge in [-0.15, -0.1) is 0 Å². The summed E-state index contributed by atoms with van der Waals surface area (Å²) in [7, 11) is 0. The van der Waals surface area contributed by atoms with Gasteiger partial charge in [0.05, 0.1) is 5.03 Å². The quantitative estimate of drug-likeness (QED) is 0.731. The Morgan fingerprint density at radius 1 is 1.50 bits per heavy atom. The van der Waals surface area contributed by atoms with Gasteiger partial charge in [0.25, 0.3) is 0 Å². The first-order valence-electron chi connectivity index (χ1n) is 3.36. The molecular weight excluding hydrogens is 195 g/mol. The van der Waals surface area contributed by atoms with Gasteiger partial charge in [0.1, 0.15) is 12.4 Å². The van der Waals surface area contributed by atoms with Crippen LogP contribution in [0.1, 0.15) is 0 Å². The second-order valence-corrected chi connectivity index (χ2v) is 2.78. The molecule has 0 unspecified atom stereocenters. The zero-order valence-corrected chi connectivity index (χ0v) is 7.77. The average Bonchev–Trinajstić information content (AvgIpc) is 2.16. The highest BCUT2D eigenvalue weighted by Crippen LogP contribution is 2.11. The molecule has 0 amide bonds. The molecule has 3 heteroatoms. The second kappa shape index (κ2) is 5.07. The van der Waals surface area contributed by atoms with E-state index in [2.05, 4.69) is 6.07 Å². The maximum atomic E-state index is 5.61. The van der Waals surface area contributed by atoms with Gasteiger partial charge in [0.15, 0.2) is 0 Å². The van der Waals surface area contributed by atoms with E-state index < -0.39 is 0 Å². The van der Waals surface area contributed by atoms with E-state index in [1.807, 2.05) is 0 Å². The minimum Gasteiger partial charge on any atom is -0.488 e. The Morgan fingerprint density at radius 3 is 2.75 bits per heavy atom. The van der Waals surface area contributed by atoms with Crippen molar-refractivity contribution in [3.05, 3.63) is 40.9 Å². The van der Waals surface area contributed by atoms with E-state index >= 15 is 0 Å². The van der Waals surface area contributed by atoms with E-state index in [1.54, 1.807) is 24.3 Å². The van der Waals surface area contributed by atoms with Crippen molar-refractivity contribution in [3.8, 4) is 5.75 Å². The molecule has 0 heterocycles. The molecule has 1 aromatic carbocycles. The summed E-state index contributed by atoms with van der Waals surface area (Å²) in [5.41, 5.74) is 1.29. The summed E-state index contributed by atoms with van der Waals surface area (Å²) >= 11 is 10.9. The summed E-state index contributed by atoms with van der Waals surface area (Å²) in [6.45, 7) is 0.301. The first-order valence-corrected chi connectivity index (χ1v) is 4.18. The van der Waals surface area contributed by atoms with Crippen molar-refractivity contribution in [1.82, 2.24) is 0 Å². The van der Waals surface area contributed by atoms with Crippen LogP contribution in [0.15, 0.2) is 34.8 Å². The van der Waals surface area contributed by atoms with Gasteiger partial charge in [-0.2, -0.15) is 0 Å². The third-order valence-electron chi connectivity index (χ3n) is 1.18. The minimum atomic E-state index is 0.301. The van der Waals surface area contributed by atoms with Gasteiger partial charge in [0.2, 0.25) is 0 Å². The van der Waals surface area contributed by atoms with Gasteiger partial charge < -0.3 is 4.74 Å². The molecule has 0 fully saturated rings. The van der Waals surface area contributed by atoms with E-state index in [4.69, 9.17) is 27.9 Å². The summed E-state index contributed by atoms with van der Waals surface area (Å²) in [6, 6.07) is 10.0. The molecule has 0 aromatic heterocycles. The molecular formula is C9H7Cl2O. The van der Waals surface area contributed by atoms with Crippen LogP contribution in [0.2, 0.25) is 0 Å². The van der Waals surface area contributed by atoms with Crippen LogP contribution in [0.4, 0.5) is 0 Å². The molecule has 1 radical (unpaired) electrons. The number of halogens is 2. The summed E-state index contributed by atoms with van der Waals surface area (Å²) in [5, 5.41) is 0.476. The van der Waals surface area contributed by atoms with Crippen LogP contribution in [-0.4, -0.2) is 6.61 Å². The number of ether oxygens (including phenoxy) is 1. The standard InChI is InChI=1S/C9H7Cl2O/c10-6-8(11)7-12-9-4-2-1-3-5-9/h2-6H,7H2/b8-6-. The molecule has 0 bridgehead atoms. The monoisotopic (exact) mass is 201 g/mol. The third kappa shape index (κ3) is 3.16. The lowest BCUT2D eigenvalue weighted by atomic mass is 10.3. The van der Waals surface area contributed by atoms with Gasteiger partial charge in [-0.1, -0.05) is 35.3 Å². The first-order chi connectivity index (χ1) is 5.83. The predicted octanol–water partition coefficient (Wildman–Crippen LogP) is 3.18. The maximum absolute atomic E-state index is 5.61. The molecule has 0 saturated heterocycles. The number of hydrogen-bond acceptors (Lipinski definition) is 1. The Morgan fingerprint density at radius 2 is 2.17 bits per heavy atom. The highest BCUT2D eigenvalue weighted by atomic mass is 35.5. The van der Waals surface area contributed by atoms with Gasteiger partial charge in [-0.05, 0) is 18.2 Å². The molecule has 63 valence electrons. The normalized spacial score (nSPS) is 11.3. The average molecular weight is 202 g/mol. The highest BCUT2D eigenvalue weighted by molar-refractivity contribution is 6.36. The molecule has 0 aliphatic carbocycles. The molecule has 0 aliphatic heterocycles. The number of benzene rings is 1.